The first-order valence-electron chi connectivity index (χ1n) is 12.2. The van der Waals surface area contributed by atoms with Gasteiger partial charge in [0.2, 0.25) is 16.2 Å². The van der Waals surface area contributed by atoms with Crippen molar-refractivity contribution in [3.63, 3.8) is 0 Å². The summed E-state index contributed by atoms with van der Waals surface area (Å²) >= 11 is 0. The number of likely N-dealkylation sites (N-methyl/N-ethyl adjacent to an activating group) is 1. The second-order valence-corrected chi connectivity index (χ2v) is 10.4. The number of imidazole rings is 1. The summed E-state index contributed by atoms with van der Waals surface area (Å²) in [5.41, 5.74) is 1.69. The Morgan fingerprint density at radius 3 is 2.64 bits per heavy atom. The van der Waals surface area contributed by atoms with Gasteiger partial charge in [-0.25, -0.2) is 23.9 Å². The summed E-state index contributed by atoms with van der Waals surface area (Å²) in [4.78, 5) is 15.5. The first-order chi connectivity index (χ1) is 17.4. The molecule has 36 heavy (non-hydrogen) atoms. The Bertz CT molecular complexity index is 1330. The van der Waals surface area contributed by atoms with Crippen LogP contribution >= 0.6 is 0 Å². The first kappa shape index (κ1) is 24.7. The van der Waals surface area contributed by atoms with E-state index in [9.17, 15) is 12.8 Å². The number of rotatable bonds is 4. The highest BCUT2D eigenvalue weighted by Crippen LogP contribution is 2.30. The lowest BCUT2D eigenvalue weighted by molar-refractivity contribution is -0.539. The standard InChI is InChI=1S/C24H31FN7O3S/c1-16-26-15-21(32(16)17-5-11-35-12-6-17)23-19(25)14-27-24(29-23)28-20-4-3-18(13-22(20)36(33)34)31-9-7-30(2)8-10-31/h3-4,14-15,17,20H,5-13H2,1-2H3,(H,27,28,29)/q+1. The summed E-state index contributed by atoms with van der Waals surface area (Å²) in [5, 5.41) is 3.09. The van der Waals surface area contributed by atoms with Crippen LogP contribution in [0.5, 0.6) is 0 Å². The van der Waals surface area contributed by atoms with Crippen LogP contribution in [-0.4, -0.2) is 100 Å². The highest BCUT2D eigenvalue weighted by atomic mass is 32.2. The van der Waals surface area contributed by atoms with Gasteiger partial charge >= 0.3 is 0 Å². The van der Waals surface area contributed by atoms with Crippen molar-refractivity contribution in [2.24, 2.45) is 0 Å². The number of nitrogens with one attached hydrogen (secondary N) is 1. The smallest absolute Gasteiger partial charge is 0.224 e. The number of halogens is 1. The average Bonchev–Trinajstić information content (AvgIpc) is 3.27. The summed E-state index contributed by atoms with van der Waals surface area (Å²) in [6.45, 7) is 6.77. The summed E-state index contributed by atoms with van der Waals surface area (Å²) in [5.74, 6) is 0.378. The van der Waals surface area contributed by atoms with Crippen LogP contribution in [0.15, 0.2) is 24.5 Å². The Kier molecular flexibility index (Phi) is 7.26. The fraction of sp³-hybridized carbons (Fsp3) is 0.542. The zero-order valence-electron chi connectivity index (χ0n) is 20.5. The molecule has 0 aromatic carbocycles. The lowest BCUT2D eigenvalue weighted by atomic mass is 10.00. The lowest BCUT2D eigenvalue weighted by Crippen LogP contribution is -2.44. The molecule has 0 radical (unpaired) electrons. The Hall–Kier alpha value is -2.96. The molecule has 3 aliphatic rings. The number of hydrogen-bond acceptors (Lipinski definition) is 8. The van der Waals surface area contributed by atoms with E-state index in [0.29, 0.717) is 30.2 Å². The molecule has 1 aliphatic carbocycles. The van der Waals surface area contributed by atoms with Crippen molar-refractivity contribution < 1.29 is 22.1 Å². The summed E-state index contributed by atoms with van der Waals surface area (Å²) in [7, 11) is -0.317. The lowest BCUT2D eigenvalue weighted by Gasteiger charge is -2.26. The maximum Gasteiger partial charge on any atom is 0.224 e. The van der Waals surface area contributed by atoms with Crippen LogP contribution in [0.3, 0.4) is 0 Å². The number of allylic oxidation sites excluding steroid dienone is 1. The molecule has 12 heteroatoms. The first-order valence-corrected chi connectivity index (χ1v) is 13.3. The van der Waals surface area contributed by atoms with Crippen molar-refractivity contribution in [3.8, 4) is 11.4 Å². The minimum absolute atomic E-state index is 0.133. The molecule has 2 fully saturated rings. The molecule has 2 aromatic heterocycles. The zero-order chi connectivity index (χ0) is 25.2. The largest absolute Gasteiger partial charge is 0.381 e. The van der Waals surface area contributed by atoms with E-state index < -0.39 is 22.2 Å². The molecule has 1 unspecified atom stereocenters. The van der Waals surface area contributed by atoms with E-state index in [0.717, 1.165) is 56.8 Å². The maximum atomic E-state index is 14.9. The van der Waals surface area contributed by atoms with E-state index in [1.807, 2.05) is 23.6 Å². The van der Waals surface area contributed by atoms with Gasteiger partial charge in [0.25, 0.3) is 0 Å². The Labute approximate surface area is 211 Å². The zero-order valence-corrected chi connectivity index (χ0v) is 21.3. The number of piperazine rings is 1. The molecular weight excluding hydrogens is 485 g/mol. The predicted octanol–water partition coefficient (Wildman–Crippen LogP) is 1.33. The molecule has 4 heterocycles. The molecular formula is C24H31FN7O3S+. The van der Waals surface area contributed by atoms with Crippen molar-refractivity contribution >= 4 is 26.8 Å². The second-order valence-electron chi connectivity index (χ2n) is 9.43. The van der Waals surface area contributed by atoms with Crippen LogP contribution in [0, 0.1) is 12.7 Å². The van der Waals surface area contributed by atoms with Gasteiger partial charge in [-0.3, -0.25) is 4.90 Å². The van der Waals surface area contributed by atoms with Crippen LogP contribution in [0.1, 0.15) is 31.1 Å². The Morgan fingerprint density at radius 1 is 1.17 bits per heavy atom. The maximum absolute atomic E-state index is 14.9. The monoisotopic (exact) mass is 516 g/mol. The molecule has 2 aliphatic heterocycles. The molecule has 0 spiro atoms. The molecule has 1 N–H and O–H groups in total. The molecule has 5 rings (SSSR count). The minimum atomic E-state index is -2.40. The van der Waals surface area contributed by atoms with Gasteiger partial charge in [0.05, 0.1) is 48.5 Å². The summed E-state index contributed by atoms with van der Waals surface area (Å²) < 4.78 is 48.9. The van der Waals surface area contributed by atoms with E-state index in [4.69, 9.17) is 4.74 Å². The van der Waals surface area contributed by atoms with Crippen LogP contribution < -0.4 is 5.32 Å². The highest BCUT2D eigenvalue weighted by Gasteiger charge is 2.29. The van der Waals surface area contributed by atoms with Crippen LogP contribution in [-0.2, 0) is 15.0 Å². The van der Waals surface area contributed by atoms with Gasteiger partial charge in [0.15, 0.2) is 24.6 Å². The highest BCUT2D eigenvalue weighted by molar-refractivity contribution is 7.73. The van der Waals surface area contributed by atoms with Gasteiger partial charge in [-0.15, -0.1) is 0 Å². The van der Waals surface area contributed by atoms with Gasteiger partial charge in [-0.05, 0) is 26.8 Å². The van der Waals surface area contributed by atoms with Gasteiger partial charge in [0.1, 0.15) is 11.5 Å². The van der Waals surface area contributed by atoms with E-state index in [1.54, 1.807) is 6.20 Å². The van der Waals surface area contributed by atoms with Crippen molar-refractivity contribution in [3.05, 3.63) is 36.2 Å². The predicted molar refractivity (Wildman–Crippen MR) is 135 cm³/mol. The summed E-state index contributed by atoms with van der Waals surface area (Å²) in [6.07, 6.45) is 8.46. The van der Waals surface area contributed by atoms with Crippen molar-refractivity contribution in [1.82, 2.24) is 24.4 Å². The molecule has 0 bridgehead atoms. The third-order valence-electron chi connectivity index (χ3n) is 7.12. The topological polar surface area (TPSA) is 105 Å². The average molecular weight is 517 g/mol. The van der Waals surface area contributed by atoms with E-state index in [1.165, 1.54) is 0 Å². The van der Waals surface area contributed by atoms with Crippen molar-refractivity contribution in [2.45, 2.75) is 38.3 Å². The van der Waals surface area contributed by atoms with E-state index in [2.05, 4.69) is 36.8 Å². The number of anilines is 1. The number of nitrogens with zero attached hydrogens (tertiary/aromatic N) is 6. The fourth-order valence-corrected chi connectivity index (χ4v) is 5.66. The molecule has 0 amide bonds. The van der Waals surface area contributed by atoms with Crippen LogP contribution in [0.25, 0.3) is 11.4 Å². The Morgan fingerprint density at radius 2 is 1.92 bits per heavy atom. The quantitative estimate of drug-likeness (QED) is 0.480. The molecule has 1 atom stereocenters. The molecule has 192 valence electrons. The second kappa shape index (κ2) is 10.6. The Balaban J connectivity index is 1.43. The van der Waals surface area contributed by atoms with Gasteiger partial charge in [-0.1, -0.05) is 6.08 Å². The van der Waals surface area contributed by atoms with Gasteiger partial charge < -0.3 is 14.6 Å². The SMILES string of the molecule is Cc1ncc(-c2nc(NC3C=CC(=[N+]4CCN(C)CC4)CC3=S(=O)=O)ncc2F)n1C1CCOCC1. The van der Waals surface area contributed by atoms with Gasteiger partial charge in [-0.2, -0.15) is 8.42 Å². The number of hydrogen-bond donors (Lipinski definition) is 1. The molecule has 2 saturated heterocycles. The summed E-state index contributed by atoms with van der Waals surface area (Å²) in [6, 6.07) is -0.463. The third kappa shape index (κ3) is 5.11. The molecule has 2 aromatic rings. The fourth-order valence-electron chi connectivity index (χ4n) is 5.05. The van der Waals surface area contributed by atoms with Crippen LogP contribution in [0.2, 0.25) is 0 Å². The van der Waals surface area contributed by atoms with Gasteiger partial charge in [0, 0.05) is 25.3 Å². The normalized spacial score (nSPS) is 21.8. The van der Waals surface area contributed by atoms with E-state index in [-0.39, 0.29) is 17.7 Å². The minimum Gasteiger partial charge on any atom is -0.381 e. The number of aromatic nitrogens is 4. The molecule has 0 saturated carbocycles. The molecule has 10 nitrogen and oxygen atoms in total. The third-order valence-corrected chi connectivity index (χ3v) is 7.94. The number of ether oxygens (including phenoxy) is 1. The van der Waals surface area contributed by atoms with Crippen LogP contribution in [0.4, 0.5) is 10.3 Å². The van der Waals surface area contributed by atoms with E-state index >= 15 is 0 Å². The van der Waals surface area contributed by atoms with Crippen molar-refractivity contribution in [2.75, 3.05) is 51.8 Å². The van der Waals surface area contributed by atoms with Crippen molar-refractivity contribution in [1.29, 1.82) is 0 Å². The number of aryl methyl sites for hydroxylation is 1.